The van der Waals surface area contributed by atoms with E-state index >= 15 is 0 Å². The van der Waals surface area contributed by atoms with Crippen molar-refractivity contribution in [3.8, 4) is 0 Å². The number of rotatable bonds is 5. The molecule has 2 aromatic heterocycles. The molecule has 5 nitrogen and oxygen atoms in total. The summed E-state index contributed by atoms with van der Waals surface area (Å²) in [4.78, 5) is 6.77. The average Bonchev–Trinajstić information content (AvgIpc) is 3.23. The molecule has 4 rings (SSSR count). The molecule has 0 radical (unpaired) electrons. The van der Waals surface area contributed by atoms with Gasteiger partial charge in [0.05, 0.1) is 12.2 Å². The van der Waals surface area contributed by atoms with Crippen LogP contribution in [0, 0.1) is 5.82 Å². The number of benzene rings is 1. The maximum atomic E-state index is 13.9. The number of hydrogen-bond acceptors (Lipinski definition) is 4. The highest BCUT2D eigenvalue weighted by atomic mass is 19.1. The molecule has 3 aromatic rings. The standard InChI is InChI=1S/C19H22FN5/c20-17-6-2-1-4-14(17)12-24-10-7-15(13-24)18-16-5-3-9-22-19(16)25(23-18)11-8-21/h1-6,9,15H,7-8,10-13,21H2/t15-/m1/s1. The Bertz CT molecular complexity index is 875. The number of nitrogens with zero attached hydrogens (tertiary/aromatic N) is 4. The van der Waals surface area contributed by atoms with Gasteiger partial charge in [-0.2, -0.15) is 5.10 Å². The van der Waals surface area contributed by atoms with Gasteiger partial charge in [0.1, 0.15) is 5.82 Å². The van der Waals surface area contributed by atoms with Crippen LogP contribution in [0.4, 0.5) is 4.39 Å². The molecule has 1 fully saturated rings. The number of halogens is 1. The van der Waals surface area contributed by atoms with E-state index in [2.05, 4.69) is 16.0 Å². The van der Waals surface area contributed by atoms with Gasteiger partial charge in [-0.25, -0.2) is 14.1 Å². The van der Waals surface area contributed by atoms with E-state index in [1.165, 1.54) is 6.07 Å². The molecule has 0 amide bonds. The van der Waals surface area contributed by atoms with Crippen molar-refractivity contribution in [2.24, 2.45) is 5.73 Å². The van der Waals surface area contributed by atoms with Crippen molar-refractivity contribution < 1.29 is 4.39 Å². The number of fused-ring (bicyclic) bond motifs is 1. The largest absolute Gasteiger partial charge is 0.329 e. The Hall–Kier alpha value is -2.31. The van der Waals surface area contributed by atoms with Gasteiger partial charge in [0, 0.05) is 42.7 Å². The second-order valence-corrected chi connectivity index (χ2v) is 6.58. The van der Waals surface area contributed by atoms with Crippen LogP contribution in [-0.4, -0.2) is 39.3 Å². The molecule has 0 saturated carbocycles. The summed E-state index contributed by atoms with van der Waals surface area (Å²) in [6.07, 6.45) is 2.82. The maximum Gasteiger partial charge on any atom is 0.158 e. The third-order valence-corrected chi connectivity index (χ3v) is 4.89. The van der Waals surface area contributed by atoms with Crippen LogP contribution in [0.25, 0.3) is 11.0 Å². The van der Waals surface area contributed by atoms with Crippen molar-refractivity contribution in [1.82, 2.24) is 19.7 Å². The molecular formula is C19H22FN5. The molecule has 1 atom stereocenters. The fraction of sp³-hybridized carbons (Fsp3) is 0.368. The van der Waals surface area contributed by atoms with Crippen molar-refractivity contribution in [2.45, 2.75) is 25.4 Å². The molecule has 1 aliphatic heterocycles. The Kier molecular flexibility index (Phi) is 4.46. The average molecular weight is 339 g/mol. The lowest BCUT2D eigenvalue weighted by molar-refractivity contribution is 0.320. The summed E-state index contributed by atoms with van der Waals surface area (Å²) in [5.74, 6) is 0.213. The monoisotopic (exact) mass is 339 g/mol. The zero-order valence-corrected chi connectivity index (χ0v) is 14.1. The summed E-state index contributed by atoms with van der Waals surface area (Å²) in [5, 5.41) is 5.90. The smallest absolute Gasteiger partial charge is 0.158 e. The van der Waals surface area contributed by atoms with Crippen LogP contribution in [0.1, 0.15) is 23.6 Å². The van der Waals surface area contributed by atoms with Gasteiger partial charge in [-0.3, -0.25) is 4.90 Å². The van der Waals surface area contributed by atoms with Gasteiger partial charge in [0.25, 0.3) is 0 Å². The van der Waals surface area contributed by atoms with Crippen LogP contribution < -0.4 is 5.73 Å². The number of hydrogen-bond donors (Lipinski definition) is 1. The van der Waals surface area contributed by atoms with Gasteiger partial charge in [-0.15, -0.1) is 0 Å². The van der Waals surface area contributed by atoms with Crippen LogP contribution in [-0.2, 0) is 13.1 Å². The lowest BCUT2D eigenvalue weighted by Gasteiger charge is -2.16. The predicted molar refractivity (Wildman–Crippen MR) is 95.6 cm³/mol. The van der Waals surface area contributed by atoms with Crippen molar-refractivity contribution in [1.29, 1.82) is 0 Å². The first-order valence-corrected chi connectivity index (χ1v) is 8.73. The molecule has 0 bridgehead atoms. The van der Waals surface area contributed by atoms with Gasteiger partial charge < -0.3 is 5.73 Å². The fourth-order valence-electron chi connectivity index (χ4n) is 3.68. The van der Waals surface area contributed by atoms with E-state index in [0.717, 1.165) is 41.8 Å². The molecule has 0 aliphatic carbocycles. The van der Waals surface area contributed by atoms with Gasteiger partial charge >= 0.3 is 0 Å². The molecule has 0 spiro atoms. The number of likely N-dealkylation sites (tertiary alicyclic amines) is 1. The van der Waals surface area contributed by atoms with Crippen LogP contribution in [0.15, 0.2) is 42.6 Å². The Labute approximate surface area is 146 Å². The number of nitrogens with two attached hydrogens (primary N) is 1. The molecule has 0 unspecified atom stereocenters. The van der Waals surface area contributed by atoms with Crippen LogP contribution in [0.3, 0.4) is 0 Å². The van der Waals surface area contributed by atoms with Gasteiger partial charge in [-0.05, 0) is 31.2 Å². The Morgan fingerprint density at radius 3 is 2.92 bits per heavy atom. The van der Waals surface area contributed by atoms with Crippen LogP contribution in [0.2, 0.25) is 0 Å². The second-order valence-electron chi connectivity index (χ2n) is 6.58. The molecular weight excluding hydrogens is 317 g/mol. The van der Waals surface area contributed by atoms with E-state index in [1.54, 1.807) is 12.3 Å². The van der Waals surface area contributed by atoms with Gasteiger partial charge in [0.2, 0.25) is 0 Å². The molecule has 1 aliphatic rings. The summed E-state index contributed by atoms with van der Waals surface area (Å²) in [7, 11) is 0. The normalized spacial score (nSPS) is 18.2. The van der Waals surface area contributed by atoms with E-state index < -0.39 is 0 Å². The fourth-order valence-corrected chi connectivity index (χ4v) is 3.68. The van der Waals surface area contributed by atoms with E-state index in [4.69, 9.17) is 10.8 Å². The molecule has 1 saturated heterocycles. The van der Waals surface area contributed by atoms with Crippen LogP contribution in [0.5, 0.6) is 0 Å². The van der Waals surface area contributed by atoms with Crippen molar-refractivity contribution >= 4 is 11.0 Å². The van der Waals surface area contributed by atoms with E-state index in [1.807, 2.05) is 22.9 Å². The third-order valence-electron chi connectivity index (χ3n) is 4.89. The van der Waals surface area contributed by atoms with E-state index in [0.29, 0.717) is 25.6 Å². The quantitative estimate of drug-likeness (QED) is 0.776. The first-order chi connectivity index (χ1) is 12.3. The Morgan fingerprint density at radius 1 is 1.20 bits per heavy atom. The SMILES string of the molecule is NCCn1nc([C@@H]2CCN(Cc3ccccc3F)C2)c2cccnc21. The first-order valence-electron chi connectivity index (χ1n) is 8.73. The lowest BCUT2D eigenvalue weighted by Crippen LogP contribution is -2.20. The molecule has 3 heterocycles. The summed E-state index contributed by atoms with van der Waals surface area (Å²) < 4.78 is 15.8. The zero-order chi connectivity index (χ0) is 17.2. The minimum absolute atomic E-state index is 0.132. The van der Waals surface area contributed by atoms with Crippen molar-refractivity contribution in [3.63, 3.8) is 0 Å². The van der Waals surface area contributed by atoms with Gasteiger partial charge in [0.15, 0.2) is 5.65 Å². The minimum Gasteiger partial charge on any atom is -0.329 e. The highest BCUT2D eigenvalue weighted by molar-refractivity contribution is 5.78. The van der Waals surface area contributed by atoms with Gasteiger partial charge in [-0.1, -0.05) is 18.2 Å². The molecule has 2 N–H and O–H groups in total. The van der Waals surface area contributed by atoms with Crippen LogP contribution >= 0.6 is 0 Å². The predicted octanol–water partition coefficient (Wildman–Crippen LogP) is 2.52. The summed E-state index contributed by atoms with van der Waals surface area (Å²) in [6, 6.07) is 11.0. The van der Waals surface area contributed by atoms with E-state index in [-0.39, 0.29) is 5.82 Å². The van der Waals surface area contributed by atoms with E-state index in [9.17, 15) is 4.39 Å². The molecule has 1 aromatic carbocycles. The Balaban J connectivity index is 1.56. The van der Waals surface area contributed by atoms with Crippen molar-refractivity contribution in [2.75, 3.05) is 19.6 Å². The molecule has 25 heavy (non-hydrogen) atoms. The lowest BCUT2D eigenvalue weighted by atomic mass is 10.0. The first kappa shape index (κ1) is 16.2. The number of aromatic nitrogens is 3. The molecule has 6 heteroatoms. The minimum atomic E-state index is -0.132. The summed E-state index contributed by atoms with van der Waals surface area (Å²) >= 11 is 0. The highest BCUT2D eigenvalue weighted by Gasteiger charge is 2.28. The Morgan fingerprint density at radius 2 is 2.08 bits per heavy atom. The second kappa shape index (κ2) is 6.90. The molecule has 130 valence electrons. The van der Waals surface area contributed by atoms with Crippen molar-refractivity contribution in [3.05, 3.63) is 59.7 Å². The number of pyridine rings is 1. The zero-order valence-electron chi connectivity index (χ0n) is 14.1. The topological polar surface area (TPSA) is 60.0 Å². The summed E-state index contributed by atoms with van der Waals surface area (Å²) in [5.41, 5.74) is 8.45. The highest BCUT2D eigenvalue weighted by Crippen LogP contribution is 2.32. The maximum absolute atomic E-state index is 13.9. The summed E-state index contributed by atoms with van der Waals surface area (Å²) in [6.45, 7) is 3.68. The third kappa shape index (κ3) is 3.15.